The van der Waals surface area contributed by atoms with E-state index in [2.05, 4.69) is 10.1 Å². The van der Waals surface area contributed by atoms with Gasteiger partial charge in [-0.1, -0.05) is 18.2 Å². The van der Waals surface area contributed by atoms with Gasteiger partial charge in [-0.2, -0.15) is 18.3 Å². The zero-order valence-electron chi connectivity index (χ0n) is 15.6. The van der Waals surface area contributed by atoms with Crippen molar-refractivity contribution in [2.45, 2.75) is 6.18 Å². The number of nitrogens with two attached hydrogens (primary N) is 1. The summed E-state index contributed by atoms with van der Waals surface area (Å²) in [5.41, 5.74) is 7.50. The minimum Gasteiger partial charge on any atom is -0.465 e. The monoisotopic (exact) mass is 412 g/mol. The third-order valence-corrected chi connectivity index (χ3v) is 4.52. The summed E-state index contributed by atoms with van der Waals surface area (Å²) in [4.78, 5) is 15.6. The number of hydrogen-bond acceptors (Lipinski definition) is 5. The smallest absolute Gasteiger partial charge is 0.433 e. The van der Waals surface area contributed by atoms with Gasteiger partial charge in [0.1, 0.15) is 5.69 Å². The summed E-state index contributed by atoms with van der Waals surface area (Å²) in [6.45, 7) is 0. The van der Waals surface area contributed by atoms with Crippen LogP contribution in [0.5, 0.6) is 0 Å². The topological polar surface area (TPSA) is 83.0 Å². The second kappa shape index (κ2) is 7.18. The van der Waals surface area contributed by atoms with Gasteiger partial charge in [-0.15, -0.1) is 0 Å². The standard InChI is InChI=1S/C21H15F3N4O2/c1-30-20(29)15-7-14(8-16(25)9-15)12-5-6-13-11-26-28(17(13)10-12)19-4-2-3-18(27-19)21(22,23)24/h2-11H,25H2,1H3. The molecule has 152 valence electrons. The fourth-order valence-electron chi connectivity index (χ4n) is 3.13. The van der Waals surface area contributed by atoms with Gasteiger partial charge in [0, 0.05) is 11.1 Å². The first-order valence-electron chi connectivity index (χ1n) is 8.78. The van der Waals surface area contributed by atoms with Gasteiger partial charge >= 0.3 is 12.1 Å². The highest BCUT2D eigenvalue weighted by Gasteiger charge is 2.32. The van der Waals surface area contributed by atoms with Gasteiger partial charge in [0.15, 0.2) is 5.82 Å². The zero-order chi connectivity index (χ0) is 21.5. The van der Waals surface area contributed by atoms with Gasteiger partial charge in [0.2, 0.25) is 0 Å². The van der Waals surface area contributed by atoms with E-state index in [0.717, 1.165) is 11.5 Å². The molecule has 4 rings (SSSR count). The molecule has 0 saturated carbocycles. The van der Waals surface area contributed by atoms with Gasteiger partial charge in [-0.05, 0) is 47.5 Å². The number of halogens is 3. The van der Waals surface area contributed by atoms with Crippen LogP contribution in [0.3, 0.4) is 0 Å². The lowest BCUT2D eigenvalue weighted by Gasteiger charge is -2.10. The van der Waals surface area contributed by atoms with E-state index in [0.29, 0.717) is 27.9 Å². The van der Waals surface area contributed by atoms with E-state index in [9.17, 15) is 18.0 Å². The highest BCUT2D eigenvalue weighted by molar-refractivity contribution is 5.93. The molecular formula is C21H15F3N4O2. The van der Waals surface area contributed by atoms with E-state index in [-0.39, 0.29) is 5.82 Å². The molecule has 9 heteroatoms. The largest absolute Gasteiger partial charge is 0.465 e. The summed E-state index contributed by atoms with van der Waals surface area (Å²) in [6, 6.07) is 13.8. The number of ether oxygens (including phenoxy) is 1. The maximum Gasteiger partial charge on any atom is 0.433 e. The number of alkyl halides is 3. The van der Waals surface area contributed by atoms with Crippen LogP contribution in [0.4, 0.5) is 18.9 Å². The number of esters is 1. The Morgan fingerprint density at radius 1 is 1.07 bits per heavy atom. The number of fused-ring (bicyclic) bond motifs is 1. The highest BCUT2D eigenvalue weighted by Crippen LogP contribution is 2.30. The van der Waals surface area contributed by atoms with Crippen molar-refractivity contribution in [3.8, 4) is 16.9 Å². The van der Waals surface area contributed by atoms with Crippen LogP contribution in [-0.2, 0) is 10.9 Å². The van der Waals surface area contributed by atoms with Crippen molar-refractivity contribution in [2.24, 2.45) is 0 Å². The summed E-state index contributed by atoms with van der Waals surface area (Å²) in [6.07, 6.45) is -3.02. The Morgan fingerprint density at radius 2 is 1.87 bits per heavy atom. The summed E-state index contributed by atoms with van der Waals surface area (Å²) in [7, 11) is 1.28. The molecule has 0 saturated heterocycles. The molecule has 2 aromatic heterocycles. The molecule has 30 heavy (non-hydrogen) atoms. The third-order valence-electron chi connectivity index (χ3n) is 4.52. The van der Waals surface area contributed by atoms with E-state index in [1.165, 1.54) is 30.0 Å². The molecule has 0 aliphatic rings. The predicted octanol–water partition coefficient (Wildman–Crippen LogP) is 4.48. The molecule has 0 bridgehead atoms. The molecule has 0 atom stereocenters. The Labute approximate surface area is 168 Å². The molecule has 0 amide bonds. The third kappa shape index (κ3) is 3.57. The number of rotatable bonds is 3. The SMILES string of the molecule is COC(=O)c1cc(N)cc(-c2ccc3cnn(-c4cccc(C(F)(F)F)n4)c3c2)c1. The first-order chi connectivity index (χ1) is 14.3. The van der Waals surface area contributed by atoms with Crippen LogP contribution in [0.15, 0.2) is 60.8 Å². The van der Waals surface area contributed by atoms with E-state index < -0.39 is 17.8 Å². The van der Waals surface area contributed by atoms with Crippen LogP contribution >= 0.6 is 0 Å². The Bertz CT molecular complexity index is 1260. The first kappa shape index (κ1) is 19.4. The Kier molecular flexibility index (Phi) is 4.65. The Balaban J connectivity index is 1.84. The number of nitrogens with zero attached hydrogens (tertiary/aromatic N) is 3. The average molecular weight is 412 g/mol. The van der Waals surface area contributed by atoms with Crippen molar-refractivity contribution in [2.75, 3.05) is 12.8 Å². The van der Waals surface area contributed by atoms with Gasteiger partial charge in [0.25, 0.3) is 0 Å². The molecular weight excluding hydrogens is 397 g/mol. The quantitative estimate of drug-likeness (QED) is 0.396. The van der Waals surface area contributed by atoms with Crippen LogP contribution in [-0.4, -0.2) is 27.8 Å². The van der Waals surface area contributed by atoms with E-state index >= 15 is 0 Å². The minimum absolute atomic E-state index is 0.0415. The van der Waals surface area contributed by atoms with Crippen LogP contribution in [0, 0.1) is 0 Å². The van der Waals surface area contributed by atoms with Crippen LogP contribution in [0.25, 0.3) is 27.8 Å². The molecule has 4 aromatic rings. The van der Waals surface area contributed by atoms with Gasteiger partial charge < -0.3 is 10.5 Å². The van der Waals surface area contributed by atoms with Crippen molar-refractivity contribution < 1.29 is 22.7 Å². The number of anilines is 1. The lowest BCUT2D eigenvalue weighted by atomic mass is 10.0. The first-order valence-corrected chi connectivity index (χ1v) is 8.78. The lowest BCUT2D eigenvalue weighted by molar-refractivity contribution is -0.141. The van der Waals surface area contributed by atoms with Crippen molar-refractivity contribution in [1.82, 2.24) is 14.8 Å². The second-order valence-corrected chi connectivity index (χ2v) is 6.54. The molecule has 2 heterocycles. The molecule has 2 N–H and O–H groups in total. The number of carbonyl (C=O) groups excluding carboxylic acids is 1. The van der Waals surface area contributed by atoms with Crippen molar-refractivity contribution in [3.63, 3.8) is 0 Å². The number of hydrogen-bond donors (Lipinski definition) is 1. The van der Waals surface area contributed by atoms with Gasteiger partial charge in [-0.25, -0.2) is 14.5 Å². The molecule has 0 fully saturated rings. The minimum atomic E-state index is -4.56. The van der Waals surface area contributed by atoms with Crippen molar-refractivity contribution in [1.29, 1.82) is 0 Å². The van der Waals surface area contributed by atoms with E-state index in [1.54, 1.807) is 30.5 Å². The zero-order valence-corrected chi connectivity index (χ0v) is 15.6. The normalized spacial score (nSPS) is 11.6. The maximum absolute atomic E-state index is 13.0. The summed E-state index contributed by atoms with van der Waals surface area (Å²) in [5, 5.41) is 4.91. The van der Waals surface area contributed by atoms with Crippen LogP contribution in [0.1, 0.15) is 16.1 Å². The van der Waals surface area contributed by atoms with E-state index in [4.69, 9.17) is 10.5 Å². The molecule has 0 aliphatic carbocycles. The second-order valence-electron chi connectivity index (χ2n) is 6.54. The number of carbonyl (C=O) groups is 1. The van der Waals surface area contributed by atoms with Crippen LogP contribution < -0.4 is 5.73 Å². The summed E-state index contributed by atoms with van der Waals surface area (Å²) >= 11 is 0. The molecule has 6 nitrogen and oxygen atoms in total. The number of nitrogen functional groups attached to an aromatic ring is 1. The molecule has 2 aromatic carbocycles. The summed E-state index contributed by atoms with van der Waals surface area (Å²) < 4.78 is 45.2. The average Bonchev–Trinajstić information content (AvgIpc) is 3.15. The number of pyridine rings is 1. The fraction of sp³-hybridized carbons (Fsp3) is 0.0952. The molecule has 0 unspecified atom stereocenters. The van der Waals surface area contributed by atoms with Gasteiger partial charge in [0.05, 0.1) is 24.4 Å². The van der Waals surface area contributed by atoms with Gasteiger partial charge in [-0.3, -0.25) is 0 Å². The number of aromatic nitrogens is 3. The molecule has 0 aliphatic heterocycles. The maximum atomic E-state index is 13.0. The van der Waals surface area contributed by atoms with Crippen LogP contribution in [0.2, 0.25) is 0 Å². The number of methoxy groups -OCH3 is 1. The number of benzene rings is 2. The Hall–Kier alpha value is -3.88. The highest BCUT2D eigenvalue weighted by atomic mass is 19.4. The molecule has 0 spiro atoms. The molecule has 0 radical (unpaired) electrons. The Morgan fingerprint density at radius 3 is 2.60 bits per heavy atom. The lowest BCUT2D eigenvalue weighted by Crippen LogP contribution is -2.10. The predicted molar refractivity (Wildman–Crippen MR) is 105 cm³/mol. The van der Waals surface area contributed by atoms with Crippen molar-refractivity contribution >= 4 is 22.6 Å². The van der Waals surface area contributed by atoms with E-state index in [1.807, 2.05) is 6.07 Å². The summed E-state index contributed by atoms with van der Waals surface area (Å²) in [5.74, 6) is -0.484. The fourth-order valence-corrected chi connectivity index (χ4v) is 3.13. The van der Waals surface area contributed by atoms with Crippen molar-refractivity contribution in [3.05, 3.63) is 72.1 Å².